The summed E-state index contributed by atoms with van der Waals surface area (Å²) in [6.07, 6.45) is 2.47. The second kappa shape index (κ2) is 6.39. The molecule has 2 N–H and O–H groups in total. The monoisotopic (exact) mass is 289 g/mol. The number of hydrogen-bond acceptors (Lipinski definition) is 2. The Kier molecular flexibility index (Phi) is 4.78. The molecule has 0 aliphatic carbocycles. The molecule has 1 aromatic heterocycles. The van der Waals surface area contributed by atoms with Crippen LogP contribution in [0, 0.1) is 19.7 Å². The second-order valence-electron chi connectivity index (χ2n) is 5.56. The molecule has 1 heterocycles. The van der Waals surface area contributed by atoms with E-state index in [4.69, 9.17) is 5.73 Å². The maximum atomic E-state index is 13.6. The van der Waals surface area contributed by atoms with Gasteiger partial charge in [-0.25, -0.2) is 9.07 Å². The number of aromatic nitrogens is 2. The van der Waals surface area contributed by atoms with Crippen molar-refractivity contribution in [3.63, 3.8) is 0 Å². The molecule has 2 rings (SSSR count). The van der Waals surface area contributed by atoms with Crippen molar-refractivity contribution in [3.05, 3.63) is 46.5 Å². The van der Waals surface area contributed by atoms with Crippen LogP contribution in [-0.4, -0.2) is 15.8 Å². The average Bonchev–Trinajstić information content (AvgIpc) is 2.73. The molecule has 3 nitrogen and oxygen atoms in total. The van der Waals surface area contributed by atoms with Crippen LogP contribution in [0.5, 0.6) is 0 Å². The van der Waals surface area contributed by atoms with Gasteiger partial charge in [0.05, 0.1) is 11.4 Å². The standard InChI is InChI=1S/C17H24FN3/c1-5-15(19)10-13-9-14(18)7-8-17(13)21-12(4)16(6-2)11(3)20-21/h7-9,15H,5-6,10,19H2,1-4H3. The molecule has 4 heteroatoms. The third-order valence-electron chi connectivity index (χ3n) is 4.07. The summed E-state index contributed by atoms with van der Waals surface area (Å²) in [7, 11) is 0. The molecule has 0 aliphatic rings. The van der Waals surface area contributed by atoms with Gasteiger partial charge in [-0.3, -0.25) is 0 Å². The molecule has 0 saturated carbocycles. The van der Waals surface area contributed by atoms with Gasteiger partial charge in [0.2, 0.25) is 0 Å². The summed E-state index contributed by atoms with van der Waals surface area (Å²) in [6, 6.07) is 4.89. The van der Waals surface area contributed by atoms with Crippen LogP contribution in [0.25, 0.3) is 5.69 Å². The molecule has 0 spiro atoms. The van der Waals surface area contributed by atoms with Gasteiger partial charge >= 0.3 is 0 Å². The summed E-state index contributed by atoms with van der Waals surface area (Å²) >= 11 is 0. The van der Waals surface area contributed by atoms with Gasteiger partial charge in [0.1, 0.15) is 5.82 Å². The number of benzene rings is 1. The van der Waals surface area contributed by atoms with Crippen LogP contribution in [0.2, 0.25) is 0 Å². The third kappa shape index (κ3) is 3.16. The van der Waals surface area contributed by atoms with Crippen LogP contribution in [-0.2, 0) is 12.8 Å². The van der Waals surface area contributed by atoms with Gasteiger partial charge in [-0.15, -0.1) is 0 Å². The van der Waals surface area contributed by atoms with Crippen molar-refractivity contribution >= 4 is 0 Å². The van der Waals surface area contributed by atoms with Gasteiger partial charge < -0.3 is 5.73 Å². The molecule has 21 heavy (non-hydrogen) atoms. The first-order valence-corrected chi connectivity index (χ1v) is 7.57. The van der Waals surface area contributed by atoms with Crippen LogP contribution in [0.1, 0.15) is 42.8 Å². The summed E-state index contributed by atoms with van der Waals surface area (Å²) in [4.78, 5) is 0. The minimum Gasteiger partial charge on any atom is -0.327 e. The lowest BCUT2D eigenvalue weighted by Crippen LogP contribution is -2.22. The zero-order valence-corrected chi connectivity index (χ0v) is 13.3. The van der Waals surface area contributed by atoms with E-state index >= 15 is 0 Å². The first-order chi connectivity index (χ1) is 9.97. The summed E-state index contributed by atoms with van der Waals surface area (Å²) in [5.74, 6) is -0.228. The van der Waals surface area contributed by atoms with E-state index < -0.39 is 0 Å². The fourth-order valence-electron chi connectivity index (χ4n) is 2.77. The van der Waals surface area contributed by atoms with Crippen molar-refractivity contribution in [3.8, 4) is 5.69 Å². The van der Waals surface area contributed by atoms with Crippen LogP contribution in [0.3, 0.4) is 0 Å². The van der Waals surface area contributed by atoms with Crippen molar-refractivity contribution in [1.29, 1.82) is 0 Å². The van der Waals surface area contributed by atoms with Crippen molar-refractivity contribution in [2.75, 3.05) is 0 Å². The van der Waals surface area contributed by atoms with Crippen molar-refractivity contribution in [2.45, 2.75) is 53.0 Å². The van der Waals surface area contributed by atoms with Gasteiger partial charge in [-0.05, 0) is 62.4 Å². The van der Waals surface area contributed by atoms with Gasteiger partial charge in [0, 0.05) is 11.7 Å². The normalized spacial score (nSPS) is 12.7. The van der Waals surface area contributed by atoms with Crippen LogP contribution in [0.15, 0.2) is 18.2 Å². The lowest BCUT2D eigenvalue weighted by atomic mass is 10.0. The highest BCUT2D eigenvalue weighted by Crippen LogP contribution is 2.23. The average molecular weight is 289 g/mol. The molecule has 0 fully saturated rings. The smallest absolute Gasteiger partial charge is 0.123 e. The third-order valence-corrected chi connectivity index (χ3v) is 4.07. The Morgan fingerprint density at radius 1 is 1.29 bits per heavy atom. The first kappa shape index (κ1) is 15.7. The minimum atomic E-state index is -0.228. The van der Waals surface area contributed by atoms with Crippen molar-refractivity contribution < 1.29 is 4.39 Å². The number of nitrogens with two attached hydrogens (primary N) is 1. The molecule has 0 amide bonds. The number of hydrogen-bond donors (Lipinski definition) is 1. The number of nitrogens with zero attached hydrogens (tertiary/aromatic N) is 2. The maximum absolute atomic E-state index is 13.6. The van der Waals surface area contributed by atoms with E-state index in [-0.39, 0.29) is 11.9 Å². The van der Waals surface area contributed by atoms with Gasteiger partial charge in [0.25, 0.3) is 0 Å². The predicted molar refractivity (Wildman–Crippen MR) is 84.3 cm³/mol. The van der Waals surface area contributed by atoms with E-state index in [9.17, 15) is 4.39 Å². The molecule has 0 bridgehead atoms. The lowest BCUT2D eigenvalue weighted by Gasteiger charge is -2.15. The molecule has 0 radical (unpaired) electrons. The topological polar surface area (TPSA) is 43.8 Å². The Morgan fingerprint density at radius 2 is 2.00 bits per heavy atom. The Morgan fingerprint density at radius 3 is 2.57 bits per heavy atom. The fraction of sp³-hybridized carbons (Fsp3) is 0.471. The zero-order valence-electron chi connectivity index (χ0n) is 13.3. The van der Waals surface area contributed by atoms with Gasteiger partial charge in [-0.1, -0.05) is 13.8 Å². The molecule has 114 valence electrons. The molecular formula is C17H24FN3. The highest BCUT2D eigenvalue weighted by molar-refractivity contribution is 5.44. The summed E-state index contributed by atoms with van der Waals surface area (Å²) in [5, 5.41) is 4.63. The van der Waals surface area contributed by atoms with E-state index in [0.29, 0.717) is 6.42 Å². The number of halogens is 1. The van der Waals surface area contributed by atoms with E-state index in [1.165, 1.54) is 11.6 Å². The Hall–Kier alpha value is -1.68. The van der Waals surface area contributed by atoms with Crippen molar-refractivity contribution in [1.82, 2.24) is 9.78 Å². The Balaban J connectivity index is 2.53. The SMILES string of the molecule is CCc1c(C)nn(-c2ccc(F)cc2CC(N)CC)c1C. The Labute approximate surface area is 126 Å². The fourth-order valence-corrected chi connectivity index (χ4v) is 2.77. The summed E-state index contributed by atoms with van der Waals surface area (Å²) < 4.78 is 15.5. The quantitative estimate of drug-likeness (QED) is 0.916. The predicted octanol–water partition coefficient (Wildman–Crippen LogP) is 3.47. The van der Waals surface area contributed by atoms with Crippen LogP contribution in [0.4, 0.5) is 4.39 Å². The van der Waals surface area contributed by atoms with E-state index in [2.05, 4.69) is 18.9 Å². The van der Waals surface area contributed by atoms with E-state index in [1.807, 2.05) is 18.5 Å². The van der Waals surface area contributed by atoms with Gasteiger partial charge in [0.15, 0.2) is 0 Å². The van der Waals surface area contributed by atoms with Crippen LogP contribution < -0.4 is 5.73 Å². The van der Waals surface area contributed by atoms with Crippen LogP contribution >= 0.6 is 0 Å². The molecule has 0 aliphatic heterocycles. The number of rotatable bonds is 5. The maximum Gasteiger partial charge on any atom is 0.123 e. The zero-order chi connectivity index (χ0) is 15.6. The highest BCUT2D eigenvalue weighted by atomic mass is 19.1. The molecular weight excluding hydrogens is 265 g/mol. The summed E-state index contributed by atoms with van der Waals surface area (Å²) in [5.41, 5.74) is 11.3. The first-order valence-electron chi connectivity index (χ1n) is 7.57. The van der Waals surface area contributed by atoms with Crippen molar-refractivity contribution in [2.24, 2.45) is 5.73 Å². The molecule has 0 saturated heterocycles. The van der Waals surface area contributed by atoms with E-state index in [1.54, 1.807) is 12.1 Å². The number of aryl methyl sites for hydroxylation is 1. The highest BCUT2D eigenvalue weighted by Gasteiger charge is 2.15. The minimum absolute atomic E-state index is 0.0353. The molecule has 1 unspecified atom stereocenters. The Bertz CT molecular complexity index is 631. The molecule has 2 aromatic rings. The van der Waals surface area contributed by atoms with Gasteiger partial charge in [-0.2, -0.15) is 5.10 Å². The molecule has 1 atom stereocenters. The van der Waals surface area contributed by atoms with E-state index in [0.717, 1.165) is 35.5 Å². The molecule has 1 aromatic carbocycles. The lowest BCUT2D eigenvalue weighted by molar-refractivity contribution is 0.611. The summed E-state index contributed by atoms with van der Waals surface area (Å²) in [6.45, 7) is 8.25. The largest absolute Gasteiger partial charge is 0.327 e. The second-order valence-corrected chi connectivity index (χ2v) is 5.56.